The molecule has 28 heavy (non-hydrogen) atoms. The summed E-state index contributed by atoms with van der Waals surface area (Å²) in [6.45, 7) is 5.59. The van der Waals surface area contributed by atoms with Crippen molar-refractivity contribution in [2.24, 2.45) is 0 Å². The van der Waals surface area contributed by atoms with Gasteiger partial charge in [0, 0.05) is 32.4 Å². The second-order valence-corrected chi connectivity index (χ2v) is 7.85. The van der Waals surface area contributed by atoms with Crippen LogP contribution in [-0.4, -0.2) is 39.3 Å². The van der Waals surface area contributed by atoms with Crippen molar-refractivity contribution in [3.63, 3.8) is 0 Å². The summed E-state index contributed by atoms with van der Waals surface area (Å²) in [6.07, 6.45) is 4.28. The summed E-state index contributed by atoms with van der Waals surface area (Å²) < 4.78 is 2.15. The number of imidazole rings is 1. The van der Waals surface area contributed by atoms with Crippen LogP contribution in [0.3, 0.4) is 0 Å². The molecule has 0 radical (unpaired) electrons. The number of anilines is 1. The molecule has 0 unspecified atom stereocenters. The van der Waals surface area contributed by atoms with Crippen molar-refractivity contribution >= 4 is 34.5 Å². The molecular weight excluding hydrogens is 370 g/mol. The summed E-state index contributed by atoms with van der Waals surface area (Å²) in [4.78, 5) is 23.8. The maximum absolute atomic E-state index is 12.4. The lowest BCUT2D eigenvalue weighted by Gasteiger charge is -2.17. The number of hydrogen-bond donors (Lipinski definition) is 1. The first-order valence-electron chi connectivity index (χ1n) is 9.79. The van der Waals surface area contributed by atoms with Crippen LogP contribution in [0.25, 0.3) is 11.0 Å². The number of nitrogens with one attached hydrogen (secondary N) is 1. The number of thioether (sulfide) groups is 1. The molecule has 1 amide bonds. The van der Waals surface area contributed by atoms with Crippen molar-refractivity contribution in [3.05, 3.63) is 48.2 Å². The molecule has 0 aliphatic carbocycles. The van der Waals surface area contributed by atoms with Gasteiger partial charge in [0.2, 0.25) is 5.91 Å². The Bertz CT molecular complexity index is 964. The van der Waals surface area contributed by atoms with Crippen LogP contribution in [0, 0.1) is 0 Å². The molecule has 7 heteroatoms. The number of carbonyl (C=O) groups is 1. The first-order chi connectivity index (χ1) is 13.7. The van der Waals surface area contributed by atoms with E-state index in [4.69, 9.17) is 0 Å². The van der Waals surface area contributed by atoms with Gasteiger partial charge in [-0.05, 0) is 49.6 Å². The number of pyridine rings is 1. The van der Waals surface area contributed by atoms with Gasteiger partial charge >= 0.3 is 0 Å². The lowest BCUT2D eigenvalue weighted by Crippen LogP contribution is -2.25. The number of aryl methyl sites for hydroxylation is 1. The van der Waals surface area contributed by atoms with Gasteiger partial charge in [-0.25, -0.2) is 9.97 Å². The highest BCUT2D eigenvalue weighted by Gasteiger charge is 2.14. The lowest BCUT2D eigenvalue weighted by molar-refractivity contribution is -0.118. The average Bonchev–Trinajstić information content (AvgIpc) is 3.38. The van der Waals surface area contributed by atoms with Crippen LogP contribution in [0.5, 0.6) is 0 Å². The zero-order chi connectivity index (χ0) is 19.3. The Kier molecular flexibility index (Phi) is 5.81. The third kappa shape index (κ3) is 4.14. The van der Waals surface area contributed by atoms with Crippen molar-refractivity contribution in [3.8, 4) is 0 Å². The molecule has 1 aliphatic heterocycles. The molecule has 3 aromatic rings. The number of benzene rings is 1. The number of fused-ring (bicyclic) bond motifs is 1. The zero-order valence-corrected chi connectivity index (χ0v) is 16.9. The summed E-state index contributed by atoms with van der Waals surface area (Å²) in [6, 6.07) is 12.1. The molecule has 2 aromatic heterocycles. The summed E-state index contributed by atoms with van der Waals surface area (Å²) in [5.41, 5.74) is 3.16. The number of amides is 1. The van der Waals surface area contributed by atoms with Gasteiger partial charge in [0.1, 0.15) is 5.82 Å². The molecule has 1 aromatic carbocycles. The van der Waals surface area contributed by atoms with Crippen molar-refractivity contribution in [2.45, 2.75) is 38.0 Å². The smallest absolute Gasteiger partial charge is 0.230 e. The Morgan fingerprint density at radius 3 is 2.86 bits per heavy atom. The first-order valence-corrected chi connectivity index (χ1v) is 10.8. The zero-order valence-electron chi connectivity index (χ0n) is 16.1. The van der Waals surface area contributed by atoms with Gasteiger partial charge in [-0.1, -0.05) is 23.9 Å². The number of nitrogens with zero attached hydrogens (tertiary/aromatic N) is 4. The van der Waals surface area contributed by atoms with Gasteiger partial charge in [0.05, 0.1) is 16.8 Å². The molecule has 1 fully saturated rings. The van der Waals surface area contributed by atoms with E-state index in [1.807, 2.05) is 30.5 Å². The summed E-state index contributed by atoms with van der Waals surface area (Å²) in [7, 11) is 0. The van der Waals surface area contributed by atoms with Crippen molar-refractivity contribution in [1.82, 2.24) is 19.9 Å². The summed E-state index contributed by atoms with van der Waals surface area (Å²) in [5, 5.41) is 3.90. The molecule has 6 nitrogen and oxygen atoms in total. The number of aromatic nitrogens is 3. The van der Waals surface area contributed by atoms with Crippen LogP contribution in [0.4, 0.5) is 5.82 Å². The minimum absolute atomic E-state index is 0.0132. The predicted molar refractivity (Wildman–Crippen MR) is 114 cm³/mol. The summed E-state index contributed by atoms with van der Waals surface area (Å²) >= 11 is 1.48. The molecule has 4 rings (SSSR count). The molecule has 0 spiro atoms. The number of para-hydroxylation sites is 2. The maximum Gasteiger partial charge on any atom is 0.230 e. The molecule has 146 valence electrons. The van der Waals surface area contributed by atoms with Gasteiger partial charge in [0.25, 0.3) is 0 Å². The van der Waals surface area contributed by atoms with Crippen LogP contribution < -0.4 is 10.2 Å². The van der Waals surface area contributed by atoms with Crippen LogP contribution in [0.2, 0.25) is 0 Å². The molecule has 1 aliphatic rings. The van der Waals surface area contributed by atoms with Crippen molar-refractivity contribution < 1.29 is 4.79 Å². The summed E-state index contributed by atoms with van der Waals surface area (Å²) in [5.74, 6) is 1.38. The largest absolute Gasteiger partial charge is 0.357 e. The average molecular weight is 396 g/mol. The lowest BCUT2D eigenvalue weighted by atomic mass is 10.2. The minimum atomic E-state index is 0.0132. The molecule has 0 atom stereocenters. The minimum Gasteiger partial charge on any atom is -0.357 e. The van der Waals surface area contributed by atoms with E-state index in [0.29, 0.717) is 12.3 Å². The Balaban J connectivity index is 1.33. The fourth-order valence-electron chi connectivity index (χ4n) is 3.54. The Labute approximate surface area is 169 Å². The number of hydrogen-bond acceptors (Lipinski definition) is 5. The SMILES string of the molecule is CCn1c(SCC(=O)NCc2ccnc(N3CCCC3)c2)nc2ccccc21. The molecule has 1 N–H and O–H groups in total. The molecule has 3 heterocycles. The predicted octanol–water partition coefficient (Wildman–Crippen LogP) is 3.46. The van der Waals surface area contributed by atoms with Crippen LogP contribution in [-0.2, 0) is 17.9 Å². The van der Waals surface area contributed by atoms with E-state index in [1.165, 1.54) is 24.6 Å². The Hall–Kier alpha value is -2.54. The normalized spacial score (nSPS) is 14.0. The van der Waals surface area contributed by atoms with E-state index in [2.05, 4.69) is 43.8 Å². The van der Waals surface area contributed by atoms with Gasteiger partial charge in [-0.15, -0.1) is 0 Å². The van der Waals surface area contributed by atoms with E-state index in [9.17, 15) is 4.79 Å². The first kappa shape index (κ1) is 18.8. The second kappa shape index (κ2) is 8.65. The molecule has 0 saturated carbocycles. The van der Waals surface area contributed by atoms with Crippen molar-refractivity contribution in [2.75, 3.05) is 23.7 Å². The third-order valence-corrected chi connectivity index (χ3v) is 5.97. The molecule has 0 bridgehead atoms. The van der Waals surface area contributed by atoms with Gasteiger partial charge in [0.15, 0.2) is 5.16 Å². The second-order valence-electron chi connectivity index (χ2n) is 6.91. The van der Waals surface area contributed by atoms with Gasteiger partial charge in [-0.2, -0.15) is 0 Å². The maximum atomic E-state index is 12.4. The van der Waals surface area contributed by atoms with E-state index in [0.717, 1.165) is 47.2 Å². The van der Waals surface area contributed by atoms with E-state index >= 15 is 0 Å². The number of rotatable bonds is 7. The molecule has 1 saturated heterocycles. The van der Waals surface area contributed by atoms with Crippen LogP contribution >= 0.6 is 11.8 Å². The van der Waals surface area contributed by atoms with Gasteiger partial charge in [-0.3, -0.25) is 4.79 Å². The Morgan fingerprint density at radius 2 is 2.04 bits per heavy atom. The van der Waals surface area contributed by atoms with E-state index in [1.54, 1.807) is 0 Å². The Morgan fingerprint density at radius 1 is 1.21 bits per heavy atom. The quantitative estimate of drug-likeness (QED) is 0.621. The van der Waals surface area contributed by atoms with Crippen molar-refractivity contribution in [1.29, 1.82) is 0 Å². The highest BCUT2D eigenvalue weighted by Crippen LogP contribution is 2.24. The number of carbonyl (C=O) groups excluding carboxylic acids is 1. The highest BCUT2D eigenvalue weighted by molar-refractivity contribution is 7.99. The van der Waals surface area contributed by atoms with Gasteiger partial charge < -0.3 is 14.8 Å². The third-order valence-electron chi connectivity index (χ3n) is 5.00. The van der Waals surface area contributed by atoms with E-state index in [-0.39, 0.29) is 5.91 Å². The molecular formula is C21H25N5OS. The van der Waals surface area contributed by atoms with E-state index < -0.39 is 0 Å². The fraction of sp³-hybridized carbons (Fsp3) is 0.381. The monoisotopic (exact) mass is 395 g/mol. The highest BCUT2D eigenvalue weighted by atomic mass is 32.2. The fourth-order valence-corrected chi connectivity index (χ4v) is 4.45. The van der Waals surface area contributed by atoms with Crippen LogP contribution in [0.15, 0.2) is 47.8 Å². The van der Waals surface area contributed by atoms with Crippen LogP contribution in [0.1, 0.15) is 25.3 Å². The standard InChI is InChI=1S/C21H25N5OS/c1-2-26-18-8-4-3-7-17(18)24-21(26)28-15-20(27)23-14-16-9-10-22-19(13-16)25-11-5-6-12-25/h3-4,7-10,13H,2,5-6,11-12,14-15H2,1H3,(H,23,27). The topological polar surface area (TPSA) is 63.1 Å².